The zero-order valence-corrected chi connectivity index (χ0v) is 7.24. The Morgan fingerprint density at radius 2 is 2.08 bits per heavy atom. The summed E-state index contributed by atoms with van der Waals surface area (Å²) in [4.78, 5) is 33.5. The van der Waals surface area contributed by atoms with Crippen molar-refractivity contribution in [2.24, 2.45) is 0 Å². The molecule has 1 N–H and O–H groups in total. The van der Waals surface area contributed by atoms with E-state index >= 15 is 0 Å². The fourth-order valence-electron chi connectivity index (χ4n) is 1.01. The summed E-state index contributed by atoms with van der Waals surface area (Å²) in [6.07, 6.45) is 4.21. The minimum absolute atomic E-state index is 0.251. The molecule has 4 amide bonds. The van der Waals surface area contributed by atoms with E-state index in [0.29, 0.717) is 6.42 Å². The lowest BCUT2D eigenvalue weighted by molar-refractivity contribution is -0.140. The van der Waals surface area contributed by atoms with Crippen LogP contribution in [0.5, 0.6) is 0 Å². The van der Waals surface area contributed by atoms with Crippen LogP contribution in [0.4, 0.5) is 4.79 Å². The summed E-state index contributed by atoms with van der Waals surface area (Å²) in [5.74, 6) is -1.61. The first-order chi connectivity index (χ1) is 6.16. The molecule has 5 nitrogen and oxygen atoms in total. The second kappa shape index (κ2) is 3.84. The highest BCUT2D eigenvalue weighted by atomic mass is 16.2. The van der Waals surface area contributed by atoms with Crippen LogP contribution in [-0.4, -0.2) is 29.3 Å². The molecule has 0 unspecified atom stereocenters. The van der Waals surface area contributed by atoms with Crippen molar-refractivity contribution in [1.29, 1.82) is 0 Å². The Morgan fingerprint density at radius 1 is 1.38 bits per heavy atom. The third kappa shape index (κ3) is 1.93. The molecular weight excluding hydrogens is 172 g/mol. The first-order valence-electron chi connectivity index (χ1n) is 3.94. The Morgan fingerprint density at radius 3 is 2.54 bits per heavy atom. The lowest BCUT2D eigenvalue weighted by Gasteiger charge is -2.08. The van der Waals surface area contributed by atoms with E-state index in [4.69, 9.17) is 0 Å². The number of hydrogen-bond acceptors (Lipinski definition) is 3. The van der Waals surface area contributed by atoms with Gasteiger partial charge in [-0.3, -0.25) is 19.8 Å². The van der Waals surface area contributed by atoms with Crippen LogP contribution in [0.1, 0.15) is 13.3 Å². The third-order valence-corrected chi connectivity index (χ3v) is 1.66. The van der Waals surface area contributed by atoms with Gasteiger partial charge in [-0.05, 0) is 13.3 Å². The van der Waals surface area contributed by atoms with Gasteiger partial charge in [0, 0.05) is 6.54 Å². The van der Waals surface area contributed by atoms with Gasteiger partial charge in [0.1, 0.15) is 0 Å². The van der Waals surface area contributed by atoms with Crippen LogP contribution in [0.15, 0.2) is 12.2 Å². The van der Waals surface area contributed by atoms with Gasteiger partial charge in [0.15, 0.2) is 0 Å². The fraction of sp³-hybridized carbons (Fsp3) is 0.375. The molecule has 0 radical (unpaired) electrons. The quantitative estimate of drug-likeness (QED) is 0.380. The Balaban J connectivity index is 2.54. The summed E-state index contributed by atoms with van der Waals surface area (Å²) in [6.45, 7) is 2.10. The van der Waals surface area contributed by atoms with Gasteiger partial charge in [0.25, 0.3) is 0 Å². The second-order valence-corrected chi connectivity index (χ2v) is 2.57. The maximum absolute atomic E-state index is 11.0. The first kappa shape index (κ1) is 9.44. The van der Waals surface area contributed by atoms with Crippen molar-refractivity contribution < 1.29 is 14.4 Å². The van der Waals surface area contributed by atoms with E-state index in [-0.39, 0.29) is 6.54 Å². The Hall–Kier alpha value is -1.65. The molecule has 0 saturated carbocycles. The predicted octanol–water partition coefficient (Wildman–Crippen LogP) is 0.0310. The monoisotopic (exact) mass is 182 g/mol. The molecule has 13 heavy (non-hydrogen) atoms. The van der Waals surface area contributed by atoms with E-state index < -0.39 is 17.8 Å². The number of rotatable bonds is 3. The minimum atomic E-state index is -0.842. The molecule has 1 heterocycles. The minimum Gasteiger partial charge on any atom is -0.269 e. The smallest absolute Gasteiger partial charge is 0.269 e. The van der Waals surface area contributed by atoms with E-state index in [2.05, 4.69) is 0 Å². The molecule has 1 fully saturated rings. The SMILES string of the molecule is C/C=C/CCN1C(=O)NC(=O)C1=O. The molecule has 0 aromatic heterocycles. The number of nitrogens with one attached hydrogen (secondary N) is 1. The summed E-state index contributed by atoms with van der Waals surface area (Å²) in [6, 6.07) is -0.625. The molecule has 0 spiro atoms. The van der Waals surface area contributed by atoms with Crippen LogP contribution in [-0.2, 0) is 9.59 Å². The van der Waals surface area contributed by atoms with E-state index in [1.54, 1.807) is 0 Å². The summed E-state index contributed by atoms with van der Waals surface area (Å²) in [5, 5.41) is 1.92. The van der Waals surface area contributed by atoms with Gasteiger partial charge < -0.3 is 0 Å². The van der Waals surface area contributed by atoms with Crippen LogP contribution in [0.2, 0.25) is 0 Å². The standard InChI is InChI=1S/C8H10N2O3/c1-2-3-4-5-10-7(12)6(11)9-8(10)13/h2-3H,4-5H2,1H3,(H,9,11,13)/b3-2+. The molecule has 0 aliphatic carbocycles. The van der Waals surface area contributed by atoms with E-state index in [9.17, 15) is 14.4 Å². The van der Waals surface area contributed by atoms with E-state index in [1.165, 1.54) is 0 Å². The van der Waals surface area contributed by atoms with Crippen LogP contribution in [0.25, 0.3) is 0 Å². The molecule has 1 aliphatic rings. The molecule has 70 valence electrons. The number of imide groups is 2. The van der Waals surface area contributed by atoms with Crippen LogP contribution < -0.4 is 5.32 Å². The van der Waals surface area contributed by atoms with Crippen molar-refractivity contribution in [3.63, 3.8) is 0 Å². The molecule has 0 bridgehead atoms. The van der Waals surface area contributed by atoms with Gasteiger partial charge >= 0.3 is 17.8 Å². The first-order valence-corrected chi connectivity index (χ1v) is 3.94. The van der Waals surface area contributed by atoms with Crippen LogP contribution >= 0.6 is 0 Å². The highest BCUT2D eigenvalue weighted by Crippen LogP contribution is 2.01. The molecule has 0 aromatic carbocycles. The van der Waals surface area contributed by atoms with E-state index in [0.717, 1.165) is 4.90 Å². The molecule has 5 heteroatoms. The highest BCUT2D eigenvalue weighted by molar-refractivity contribution is 6.44. The number of carbonyl (C=O) groups is 3. The van der Waals surface area contributed by atoms with Gasteiger partial charge in [-0.1, -0.05) is 12.2 Å². The summed E-state index contributed by atoms with van der Waals surface area (Å²) in [5.41, 5.74) is 0. The lowest BCUT2D eigenvalue weighted by atomic mass is 10.3. The number of hydrogen-bond donors (Lipinski definition) is 1. The zero-order valence-electron chi connectivity index (χ0n) is 7.24. The average molecular weight is 182 g/mol. The molecule has 0 aromatic rings. The summed E-state index contributed by atoms with van der Waals surface area (Å²) >= 11 is 0. The van der Waals surface area contributed by atoms with Crippen molar-refractivity contribution >= 4 is 17.8 Å². The molecule has 1 saturated heterocycles. The summed E-state index contributed by atoms with van der Waals surface area (Å²) in [7, 11) is 0. The number of amides is 4. The lowest BCUT2D eigenvalue weighted by Crippen LogP contribution is -2.31. The Kier molecular flexibility index (Phi) is 2.79. The Labute approximate surface area is 75.4 Å². The van der Waals surface area contributed by atoms with Crippen LogP contribution in [0.3, 0.4) is 0 Å². The number of urea groups is 1. The fourth-order valence-corrected chi connectivity index (χ4v) is 1.01. The van der Waals surface area contributed by atoms with Crippen molar-refractivity contribution in [1.82, 2.24) is 10.2 Å². The molecular formula is C8H10N2O3. The maximum atomic E-state index is 11.0. The van der Waals surface area contributed by atoms with Crippen molar-refractivity contribution in [3.05, 3.63) is 12.2 Å². The van der Waals surface area contributed by atoms with Crippen molar-refractivity contribution in [3.8, 4) is 0 Å². The molecule has 0 atom stereocenters. The number of carbonyl (C=O) groups excluding carboxylic acids is 3. The molecule has 1 rings (SSSR count). The van der Waals surface area contributed by atoms with Gasteiger partial charge in [-0.15, -0.1) is 0 Å². The molecule has 1 aliphatic heterocycles. The number of allylic oxidation sites excluding steroid dienone is 1. The highest BCUT2D eigenvalue weighted by Gasteiger charge is 2.35. The largest absolute Gasteiger partial charge is 0.331 e. The predicted molar refractivity (Wildman–Crippen MR) is 44.7 cm³/mol. The third-order valence-electron chi connectivity index (χ3n) is 1.66. The van der Waals surface area contributed by atoms with E-state index in [1.807, 2.05) is 24.4 Å². The maximum Gasteiger partial charge on any atom is 0.331 e. The van der Waals surface area contributed by atoms with Gasteiger partial charge in [-0.2, -0.15) is 0 Å². The summed E-state index contributed by atoms with van der Waals surface area (Å²) < 4.78 is 0. The van der Waals surface area contributed by atoms with Gasteiger partial charge in [-0.25, -0.2) is 4.79 Å². The zero-order chi connectivity index (χ0) is 9.84. The van der Waals surface area contributed by atoms with Crippen LogP contribution in [0, 0.1) is 0 Å². The normalized spacial score (nSPS) is 17.3. The van der Waals surface area contributed by atoms with Crippen molar-refractivity contribution in [2.45, 2.75) is 13.3 Å². The van der Waals surface area contributed by atoms with Gasteiger partial charge in [0.05, 0.1) is 0 Å². The van der Waals surface area contributed by atoms with Gasteiger partial charge in [0.2, 0.25) is 0 Å². The average Bonchev–Trinajstić information content (AvgIpc) is 2.32. The number of nitrogens with zero attached hydrogens (tertiary/aromatic N) is 1. The topological polar surface area (TPSA) is 66.5 Å². The van der Waals surface area contributed by atoms with Crippen molar-refractivity contribution in [2.75, 3.05) is 6.54 Å². The Bertz CT molecular complexity index is 283. The second-order valence-electron chi connectivity index (χ2n) is 2.57.